The van der Waals surface area contributed by atoms with E-state index in [1.807, 2.05) is 0 Å². The fraction of sp³-hybridized carbons (Fsp3) is 0.222. The molecule has 0 N–H and O–H groups in total. The second kappa shape index (κ2) is 4.40. The van der Waals surface area contributed by atoms with Crippen molar-refractivity contribution >= 4 is 21.9 Å². The van der Waals surface area contributed by atoms with Crippen LogP contribution in [-0.4, -0.2) is 37.7 Å². The van der Waals surface area contributed by atoms with E-state index in [0.717, 1.165) is 12.6 Å². The summed E-state index contributed by atoms with van der Waals surface area (Å²) in [6.07, 6.45) is 3.20. The predicted octanol–water partition coefficient (Wildman–Crippen LogP) is 0.310. The molecular formula is C9H10N2O4S. The first-order valence-electron chi connectivity index (χ1n) is 4.17. The van der Waals surface area contributed by atoms with E-state index in [2.05, 4.69) is 21.3 Å². The second-order valence-electron chi connectivity index (χ2n) is 2.91. The molecule has 6 nitrogen and oxygen atoms in total. The summed E-state index contributed by atoms with van der Waals surface area (Å²) < 4.78 is 27.2. The largest absolute Gasteiger partial charge is 0.464 e. The summed E-state index contributed by atoms with van der Waals surface area (Å²) in [5.41, 5.74) is -0.0650. The lowest BCUT2D eigenvalue weighted by molar-refractivity contribution is 0.0593. The van der Waals surface area contributed by atoms with Gasteiger partial charge in [0.1, 0.15) is 6.33 Å². The van der Waals surface area contributed by atoms with Crippen LogP contribution in [0.3, 0.4) is 0 Å². The highest BCUT2D eigenvalue weighted by Crippen LogP contribution is 2.17. The number of hydrogen-bond acceptors (Lipinski definition) is 6. The van der Waals surface area contributed by atoms with Gasteiger partial charge in [0.05, 0.1) is 7.11 Å². The molecule has 0 aliphatic heterocycles. The molecule has 0 saturated heterocycles. The summed E-state index contributed by atoms with van der Waals surface area (Å²) in [6, 6.07) is 0. The number of aromatic nitrogens is 2. The minimum Gasteiger partial charge on any atom is -0.464 e. The molecule has 1 heterocycles. The van der Waals surface area contributed by atoms with Crippen LogP contribution in [0.4, 0.5) is 0 Å². The molecule has 7 heteroatoms. The maximum Gasteiger partial charge on any atom is 0.357 e. The highest BCUT2D eigenvalue weighted by atomic mass is 32.2. The smallest absolute Gasteiger partial charge is 0.357 e. The lowest BCUT2D eigenvalue weighted by Gasteiger charge is -2.06. The fourth-order valence-electron chi connectivity index (χ4n) is 1.12. The Balaban J connectivity index is 3.56. The minimum atomic E-state index is -3.54. The van der Waals surface area contributed by atoms with Gasteiger partial charge in [-0.1, -0.05) is 12.7 Å². The molecule has 16 heavy (non-hydrogen) atoms. The summed E-state index contributed by atoms with van der Waals surface area (Å²) in [6.45, 7) is 3.43. The van der Waals surface area contributed by atoms with Crippen molar-refractivity contribution in [1.29, 1.82) is 0 Å². The molecule has 0 bridgehead atoms. The van der Waals surface area contributed by atoms with Crippen molar-refractivity contribution in [1.82, 2.24) is 9.97 Å². The Morgan fingerprint density at radius 1 is 1.50 bits per heavy atom. The van der Waals surface area contributed by atoms with E-state index in [1.165, 1.54) is 13.2 Å². The Bertz CT molecular complexity index is 536. The summed E-state index contributed by atoms with van der Waals surface area (Å²) in [5, 5.41) is -0.238. The molecule has 0 spiro atoms. The van der Waals surface area contributed by atoms with Crippen molar-refractivity contribution in [3.63, 3.8) is 0 Å². The van der Waals surface area contributed by atoms with Gasteiger partial charge in [0.15, 0.2) is 20.6 Å². The van der Waals surface area contributed by atoms with E-state index in [0.29, 0.717) is 0 Å². The zero-order valence-electron chi connectivity index (χ0n) is 8.80. The number of hydrogen-bond donors (Lipinski definition) is 0. The summed E-state index contributed by atoms with van der Waals surface area (Å²) in [4.78, 5) is 18.6. The molecule has 1 rings (SSSR count). The van der Waals surface area contributed by atoms with Gasteiger partial charge in [-0.25, -0.2) is 23.2 Å². The first-order valence-corrected chi connectivity index (χ1v) is 6.06. The van der Waals surface area contributed by atoms with Gasteiger partial charge < -0.3 is 4.74 Å². The third kappa shape index (κ3) is 2.25. The summed E-state index contributed by atoms with van der Waals surface area (Å²) >= 11 is 0. The standard InChI is InChI=1S/C9H10N2O4S/c1-4-6-7(9(12)15-2)10-5-11-8(6)16(3,13)14/h4-5H,1H2,2-3H3. The lowest BCUT2D eigenvalue weighted by atomic mass is 10.2. The van der Waals surface area contributed by atoms with Crippen LogP contribution in [0.2, 0.25) is 0 Å². The molecule has 0 aliphatic rings. The van der Waals surface area contributed by atoms with Crippen LogP contribution < -0.4 is 0 Å². The van der Waals surface area contributed by atoms with E-state index in [4.69, 9.17) is 0 Å². The molecule has 0 aliphatic carbocycles. The van der Waals surface area contributed by atoms with Crippen LogP contribution in [0.5, 0.6) is 0 Å². The number of nitrogens with zero attached hydrogens (tertiary/aromatic N) is 2. The molecule has 1 aromatic heterocycles. The lowest BCUT2D eigenvalue weighted by Crippen LogP contribution is -2.12. The van der Waals surface area contributed by atoms with Gasteiger partial charge in [0, 0.05) is 11.8 Å². The van der Waals surface area contributed by atoms with Crippen molar-refractivity contribution in [3.05, 3.63) is 24.2 Å². The number of carbonyl (C=O) groups is 1. The molecule has 0 unspecified atom stereocenters. The summed E-state index contributed by atoms with van der Waals surface area (Å²) in [7, 11) is -2.36. The van der Waals surface area contributed by atoms with Gasteiger partial charge in [-0.15, -0.1) is 0 Å². The van der Waals surface area contributed by atoms with Gasteiger partial charge in [-0.05, 0) is 0 Å². The number of esters is 1. The van der Waals surface area contributed by atoms with Crippen molar-refractivity contribution in [3.8, 4) is 0 Å². The monoisotopic (exact) mass is 242 g/mol. The maximum absolute atomic E-state index is 11.4. The molecule has 0 atom stereocenters. The highest BCUT2D eigenvalue weighted by Gasteiger charge is 2.21. The van der Waals surface area contributed by atoms with E-state index >= 15 is 0 Å². The first kappa shape index (κ1) is 12.3. The van der Waals surface area contributed by atoms with Gasteiger partial charge in [-0.3, -0.25) is 0 Å². The molecule has 0 radical (unpaired) electrons. The van der Waals surface area contributed by atoms with Gasteiger partial charge in [-0.2, -0.15) is 0 Å². The molecule has 0 saturated carbocycles. The quantitative estimate of drug-likeness (QED) is 0.560. The average Bonchev–Trinajstić information content (AvgIpc) is 2.25. The van der Waals surface area contributed by atoms with Crippen LogP contribution >= 0.6 is 0 Å². The minimum absolute atomic E-state index is 0.0526. The number of rotatable bonds is 3. The third-order valence-electron chi connectivity index (χ3n) is 1.78. The van der Waals surface area contributed by atoms with E-state index < -0.39 is 15.8 Å². The van der Waals surface area contributed by atoms with Crippen molar-refractivity contribution in [2.45, 2.75) is 5.03 Å². The Morgan fingerprint density at radius 3 is 2.56 bits per heavy atom. The van der Waals surface area contributed by atoms with Gasteiger partial charge in [0.25, 0.3) is 0 Å². The van der Waals surface area contributed by atoms with E-state index in [-0.39, 0.29) is 16.3 Å². The predicted molar refractivity (Wildman–Crippen MR) is 56.6 cm³/mol. The van der Waals surface area contributed by atoms with Crippen molar-refractivity contribution in [2.24, 2.45) is 0 Å². The van der Waals surface area contributed by atoms with E-state index in [1.54, 1.807) is 0 Å². The van der Waals surface area contributed by atoms with Crippen LogP contribution in [0.25, 0.3) is 6.08 Å². The highest BCUT2D eigenvalue weighted by molar-refractivity contribution is 7.90. The first-order chi connectivity index (χ1) is 7.41. The molecule has 0 fully saturated rings. The Morgan fingerprint density at radius 2 is 2.12 bits per heavy atom. The molecule has 86 valence electrons. The van der Waals surface area contributed by atoms with Crippen LogP contribution in [0.15, 0.2) is 17.9 Å². The fourth-order valence-corrected chi connectivity index (χ4v) is 1.94. The number of methoxy groups -OCH3 is 1. The van der Waals surface area contributed by atoms with E-state index in [9.17, 15) is 13.2 Å². The summed E-state index contributed by atoms with van der Waals surface area (Å²) in [5.74, 6) is -0.734. The second-order valence-corrected chi connectivity index (χ2v) is 4.84. The zero-order valence-corrected chi connectivity index (χ0v) is 9.61. The molecule has 0 aromatic carbocycles. The Labute approximate surface area is 92.9 Å². The topological polar surface area (TPSA) is 86.2 Å². The molecule has 1 aromatic rings. The average molecular weight is 242 g/mol. The maximum atomic E-state index is 11.4. The molecule has 0 amide bonds. The van der Waals surface area contributed by atoms with Crippen molar-refractivity contribution in [2.75, 3.05) is 13.4 Å². The van der Waals surface area contributed by atoms with Crippen molar-refractivity contribution < 1.29 is 17.9 Å². The Hall–Kier alpha value is -1.76. The van der Waals surface area contributed by atoms with Crippen LogP contribution in [0.1, 0.15) is 16.1 Å². The zero-order chi connectivity index (χ0) is 12.3. The number of carbonyl (C=O) groups excluding carboxylic acids is 1. The Kier molecular flexibility index (Phi) is 3.38. The van der Waals surface area contributed by atoms with Crippen LogP contribution in [-0.2, 0) is 14.6 Å². The SMILES string of the molecule is C=Cc1c(C(=O)OC)ncnc1S(C)(=O)=O. The normalized spacial score (nSPS) is 10.9. The number of ether oxygens (including phenoxy) is 1. The van der Waals surface area contributed by atoms with Gasteiger partial charge in [0.2, 0.25) is 0 Å². The molecular weight excluding hydrogens is 232 g/mol. The third-order valence-corrected chi connectivity index (χ3v) is 2.81. The van der Waals surface area contributed by atoms with Gasteiger partial charge >= 0.3 is 5.97 Å². The van der Waals surface area contributed by atoms with Crippen LogP contribution in [0, 0.1) is 0 Å². The number of sulfone groups is 1.